The number of pyridine rings is 1. The van der Waals surface area contributed by atoms with Crippen LogP contribution in [0.15, 0.2) is 36.5 Å². The first kappa shape index (κ1) is 14.8. The number of thioether (sulfide) groups is 1. The highest BCUT2D eigenvalue weighted by Gasteiger charge is 2.27. The molecule has 2 heterocycles. The van der Waals surface area contributed by atoms with E-state index in [0.717, 1.165) is 24.2 Å². The molecule has 1 aliphatic heterocycles. The summed E-state index contributed by atoms with van der Waals surface area (Å²) in [7, 11) is 2.19. The molecule has 1 aromatic heterocycles. The minimum atomic E-state index is 0.258. The van der Waals surface area contributed by atoms with Crippen molar-refractivity contribution in [2.45, 2.75) is 18.5 Å². The molecule has 21 heavy (non-hydrogen) atoms. The van der Waals surface area contributed by atoms with Crippen LogP contribution in [0.25, 0.3) is 10.9 Å². The Labute approximate surface area is 130 Å². The number of likely N-dealkylation sites (N-methyl/N-ethyl adjacent to an activating group) is 1. The molecule has 0 aliphatic carbocycles. The molecule has 5 heteroatoms. The summed E-state index contributed by atoms with van der Waals surface area (Å²) in [5.74, 6) is 8.20. The maximum Gasteiger partial charge on any atom is 0.0704 e. The van der Waals surface area contributed by atoms with Gasteiger partial charge in [-0.2, -0.15) is 11.8 Å². The van der Waals surface area contributed by atoms with Crippen LogP contribution in [-0.4, -0.2) is 47.1 Å². The summed E-state index contributed by atoms with van der Waals surface area (Å²) in [6.45, 7) is 1.13. The average Bonchev–Trinajstić information content (AvgIpc) is 2.53. The van der Waals surface area contributed by atoms with Gasteiger partial charge in [-0.25, -0.2) is 0 Å². The third-order valence-electron chi connectivity index (χ3n) is 4.30. The molecule has 0 bridgehead atoms. The number of benzene rings is 1. The number of nitrogens with one attached hydrogen (secondary N) is 1. The van der Waals surface area contributed by atoms with E-state index in [4.69, 9.17) is 5.84 Å². The molecule has 3 rings (SSSR count). The summed E-state index contributed by atoms with van der Waals surface area (Å²) < 4.78 is 0. The number of rotatable bonds is 4. The van der Waals surface area contributed by atoms with Crippen LogP contribution in [0.1, 0.15) is 5.56 Å². The monoisotopic (exact) mass is 302 g/mol. The molecule has 0 saturated carbocycles. The van der Waals surface area contributed by atoms with Crippen LogP contribution in [0.2, 0.25) is 0 Å². The fourth-order valence-electron chi connectivity index (χ4n) is 3.01. The Bertz CT molecular complexity index is 598. The number of aromatic nitrogens is 1. The zero-order valence-electron chi connectivity index (χ0n) is 12.3. The maximum absolute atomic E-state index is 5.86. The molecule has 2 aromatic rings. The van der Waals surface area contributed by atoms with E-state index in [9.17, 15) is 0 Å². The van der Waals surface area contributed by atoms with E-state index in [1.54, 1.807) is 0 Å². The van der Waals surface area contributed by atoms with Crippen LogP contribution >= 0.6 is 11.8 Å². The summed E-state index contributed by atoms with van der Waals surface area (Å²) in [5, 5.41) is 1.23. The molecule has 1 saturated heterocycles. The highest BCUT2D eigenvalue weighted by Crippen LogP contribution is 2.22. The van der Waals surface area contributed by atoms with Crippen molar-refractivity contribution in [1.82, 2.24) is 15.3 Å². The summed E-state index contributed by atoms with van der Waals surface area (Å²) >= 11 is 2.02. The fraction of sp³-hybridized carbons (Fsp3) is 0.438. The molecule has 3 N–H and O–H groups in total. The van der Waals surface area contributed by atoms with Crippen molar-refractivity contribution >= 4 is 22.7 Å². The van der Waals surface area contributed by atoms with Crippen molar-refractivity contribution in [2.75, 3.05) is 25.1 Å². The van der Waals surface area contributed by atoms with Gasteiger partial charge in [-0.1, -0.05) is 18.2 Å². The number of hydrogen-bond donors (Lipinski definition) is 2. The van der Waals surface area contributed by atoms with Gasteiger partial charge in [-0.05, 0) is 31.2 Å². The maximum atomic E-state index is 5.86. The van der Waals surface area contributed by atoms with E-state index in [1.165, 1.54) is 16.7 Å². The molecule has 1 aromatic carbocycles. The molecule has 2 atom stereocenters. The van der Waals surface area contributed by atoms with Crippen LogP contribution in [0, 0.1) is 0 Å². The standard InChI is InChI=1S/C16H22N4S/c1-20-8-9-21-11-16(20)15(19-17)10-12-6-7-18-14-5-3-2-4-13(12)14/h2-7,15-16,19H,8-11,17H2,1H3. The summed E-state index contributed by atoms with van der Waals surface area (Å²) in [5.41, 5.74) is 5.41. The molecule has 1 aliphatic rings. The molecule has 2 unspecified atom stereocenters. The van der Waals surface area contributed by atoms with Crippen molar-refractivity contribution in [3.05, 3.63) is 42.1 Å². The van der Waals surface area contributed by atoms with Crippen molar-refractivity contribution in [3.63, 3.8) is 0 Å². The van der Waals surface area contributed by atoms with Crippen LogP contribution in [0.4, 0.5) is 0 Å². The summed E-state index contributed by atoms with van der Waals surface area (Å²) in [4.78, 5) is 6.86. The second-order valence-electron chi connectivity index (χ2n) is 5.59. The van der Waals surface area contributed by atoms with Crippen LogP contribution in [0.3, 0.4) is 0 Å². The van der Waals surface area contributed by atoms with Gasteiger partial charge in [0.2, 0.25) is 0 Å². The van der Waals surface area contributed by atoms with E-state index in [1.807, 2.05) is 24.0 Å². The van der Waals surface area contributed by atoms with Crippen LogP contribution in [-0.2, 0) is 6.42 Å². The van der Waals surface area contributed by atoms with Crippen LogP contribution in [0.5, 0.6) is 0 Å². The second kappa shape index (κ2) is 6.75. The smallest absolute Gasteiger partial charge is 0.0704 e. The van der Waals surface area contributed by atoms with E-state index >= 15 is 0 Å². The van der Waals surface area contributed by atoms with Gasteiger partial charge < -0.3 is 4.90 Å². The summed E-state index contributed by atoms with van der Waals surface area (Å²) in [6, 6.07) is 11.2. The molecular weight excluding hydrogens is 280 g/mol. The van der Waals surface area contributed by atoms with Gasteiger partial charge >= 0.3 is 0 Å². The third kappa shape index (κ3) is 3.21. The van der Waals surface area contributed by atoms with Crippen molar-refractivity contribution in [2.24, 2.45) is 5.84 Å². The SMILES string of the molecule is CN1CCSCC1C(Cc1ccnc2ccccc12)NN. The highest BCUT2D eigenvalue weighted by atomic mass is 32.2. The lowest BCUT2D eigenvalue weighted by Crippen LogP contribution is -2.55. The fourth-order valence-corrected chi connectivity index (χ4v) is 4.32. The zero-order valence-corrected chi connectivity index (χ0v) is 13.1. The van der Waals surface area contributed by atoms with E-state index in [2.05, 4.69) is 46.6 Å². The van der Waals surface area contributed by atoms with Gasteiger partial charge in [0.05, 0.1) is 5.52 Å². The predicted octanol–water partition coefficient (Wildman–Crippen LogP) is 1.66. The number of para-hydroxylation sites is 1. The lowest BCUT2D eigenvalue weighted by Gasteiger charge is -2.37. The Morgan fingerprint density at radius 2 is 2.29 bits per heavy atom. The first-order valence-corrected chi connectivity index (χ1v) is 8.52. The second-order valence-corrected chi connectivity index (χ2v) is 6.74. The van der Waals surface area contributed by atoms with Gasteiger partial charge in [0.15, 0.2) is 0 Å². The van der Waals surface area contributed by atoms with Crippen LogP contribution < -0.4 is 11.3 Å². The van der Waals surface area contributed by atoms with Crippen molar-refractivity contribution < 1.29 is 0 Å². The molecule has 112 valence electrons. The Morgan fingerprint density at radius 3 is 3.10 bits per heavy atom. The average molecular weight is 302 g/mol. The normalized spacial score (nSPS) is 21.5. The highest BCUT2D eigenvalue weighted by molar-refractivity contribution is 7.99. The zero-order chi connectivity index (χ0) is 14.7. The Balaban J connectivity index is 1.85. The molecule has 0 radical (unpaired) electrons. The van der Waals surface area contributed by atoms with Crippen molar-refractivity contribution in [1.29, 1.82) is 0 Å². The molecule has 4 nitrogen and oxygen atoms in total. The minimum absolute atomic E-state index is 0.258. The molecule has 1 fully saturated rings. The van der Waals surface area contributed by atoms with E-state index in [-0.39, 0.29) is 6.04 Å². The Hall–Kier alpha value is -1.14. The number of hydrogen-bond acceptors (Lipinski definition) is 5. The minimum Gasteiger partial charge on any atom is -0.300 e. The number of hydrazine groups is 1. The van der Waals surface area contributed by atoms with Gasteiger partial charge in [-0.3, -0.25) is 16.3 Å². The topological polar surface area (TPSA) is 54.2 Å². The first-order valence-electron chi connectivity index (χ1n) is 7.36. The Kier molecular flexibility index (Phi) is 4.75. The number of nitrogens with zero attached hydrogens (tertiary/aromatic N) is 2. The van der Waals surface area contributed by atoms with E-state index < -0.39 is 0 Å². The lowest BCUT2D eigenvalue weighted by atomic mass is 9.97. The number of fused-ring (bicyclic) bond motifs is 1. The van der Waals surface area contributed by atoms with E-state index in [0.29, 0.717) is 6.04 Å². The van der Waals surface area contributed by atoms with Gasteiger partial charge in [0.1, 0.15) is 0 Å². The number of nitrogens with two attached hydrogens (primary N) is 1. The van der Waals surface area contributed by atoms with Gasteiger partial charge in [0, 0.05) is 41.7 Å². The quantitative estimate of drug-likeness (QED) is 0.664. The largest absolute Gasteiger partial charge is 0.300 e. The lowest BCUT2D eigenvalue weighted by molar-refractivity contribution is 0.214. The molecular formula is C16H22N4S. The van der Waals surface area contributed by atoms with Crippen molar-refractivity contribution in [3.8, 4) is 0 Å². The first-order chi connectivity index (χ1) is 10.3. The van der Waals surface area contributed by atoms with Gasteiger partial charge in [-0.15, -0.1) is 0 Å². The molecule has 0 spiro atoms. The summed E-state index contributed by atoms with van der Waals surface area (Å²) in [6.07, 6.45) is 2.82. The molecule has 0 amide bonds. The third-order valence-corrected chi connectivity index (χ3v) is 5.35. The van der Waals surface area contributed by atoms with Gasteiger partial charge in [0.25, 0.3) is 0 Å². The Morgan fingerprint density at radius 1 is 1.43 bits per heavy atom. The predicted molar refractivity (Wildman–Crippen MR) is 90.3 cm³/mol.